The second kappa shape index (κ2) is 5.72. The minimum Gasteiger partial charge on any atom is -0.391 e. The molecule has 1 aromatic rings. The van der Waals surface area contributed by atoms with E-state index in [1.807, 2.05) is 11.3 Å². The third-order valence-corrected chi connectivity index (χ3v) is 5.69. The third-order valence-electron chi connectivity index (χ3n) is 4.44. The standard InChI is InChI=1S/C15H25NOS/c1-4-12-7-8-13(18-12)11-14(17)15(16(2)3)9-5-6-10-15/h7-8,14,17H,4-6,9-11H2,1-3H3. The Morgan fingerprint density at radius 1 is 1.28 bits per heavy atom. The Balaban J connectivity index is 2.07. The molecule has 1 aliphatic rings. The van der Waals surface area contributed by atoms with E-state index in [1.165, 1.54) is 22.6 Å². The SMILES string of the molecule is CCc1ccc(CC(O)C2(N(C)C)CCCC2)s1. The van der Waals surface area contributed by atoms with Gasteiger partial charge in [0.2, 0.25) is 0 Å². The molecule has 0 amide bonds. The zero-order valence-corrected chi connectivity index (χ0v) is 12.6. The van der Waals surface area contributed by atoms with Crippen LogP contribution in [0, 0.1) is 0 Å². The van der Waals surface area contributed by atoms with E-state index in [0.29, 0.717) is 0 Å². The predicted octanol–water partition coefficient (Wildman–Crippen LogP) is 3.09. The zero-order chi connectivity index (χ0) is 13.2. The Hall–Kier alpha value is -0.380. The van der Waals surface area contributed by atoms with E-state index >= 15 is 0 Å². The molecule has 2 nitrogen and oxygen atoms in total. The van der Waals surface area contributed by atoms with Crippen LogP contribution in [0.15, 0.2) is 12.1 Å². The number of nitrogens with zero attached hydrogens (tertiary/aromatic N) is 1. The summed E-state index contributed by atoms with van der Waals surface area (Å²) in [6.07, 6.45) is 6.43. The molecule has 0 spiro atoms. The normalized spacial score (nSPS) is 20.5. The molecule has 102 valence electrons. The Morgan fingerprint density at radius 2 is 1.89 bits per heavy atom. The number of thiophene rings is 1. The molecule has 1 aliphatic carbocycles. The number of rotatable bonds is 5. The number of aliphatic hydroxyl groups excluding tert-OH is 1. The molecule has 1 atom stereocenters. The second-order valence-electron chi connectivity index (χ2n) is 5.65. The molecule has 3 heteroatoms. The summed E-state index contributed by atoms with van der Waals surface area (Å²) in [6, 6.07) is 4.38. The van der Waals surface area contributed by atoms with Crippen LogP contribution in [0.4, 0.5) is 0 Å². The molecule has 0 bridgehead atoms. The van der Waals surface area contributed by atoms with E-state index in [0.717, 1.165) is 25.7 Å². The van der Waals surface area contributed by atoms with Gasteiger partial charge in [0, 0.05) is 21.7 Å². The van der Waals surface area contributed by atoms with E-state index in [9.17, 15) is 5.11 Å². The van der Waals surface area contributed by atoms with Gasteiger partial charge in [0.1, 0.15) is 0 Å². The van der Waals surface area contributed by atoms with Crippen LogP contribution < -0.4 is 0 Å². The van der Waals surface area contributed by atoms with Crippen molar-refractivity contribution in [3.05, 3.63) is 21.9 Å². The molecular formula is C15H25NOS. The van der Waals surface area contributed by atoms with Crippen molar-refractivity contribution in [3.8, 4) is 0 Å². The quantitative estimate of drug-likeness (QED) is 0.886. The Labute approximate surface area is 115 Å². The molecule has 0 aromatic carbocycles. The van der Waals surface area contributed by atoms with Crippen molar-refractivity contribution in [3.63, 3.8) is 0 Å². The van der Waals surface area contributed by atoms with Gasteiger partial charge in [-0.15, -0.1) is 11.3 Å². The maximum absolute atomic E-state index is 10.7. The first-order chi connectivity index (χ1) is 8.58. The minimum absolute atomic E-state index is 0.0103. The first-order valence-electron chi connectivity index (χ1n) is 7.01. The van der Waals surface area contributed by atoms with E-state index in [-0.39, 0.29) is 11.6 Å². The van der Waals surface area contributed by atoms with Crippen LogP contribution in [-0.4, -0.2) is 35.7 Å². The topological polar surface area (TPSA) is 23.5 Å². The highest BCUT2D eigenvalue weighted by Crippen LogP contribution is 2.38. The van der Waals surface area contributed by atoms with Crippen molar-refractivity contribution in [1.29, 1.82) is 0 Å². The number of aryl methyl sites for hydroxylation is 1. The highest BCUT2D eigenvalue weighted by molar-refractivity contribution is 7.11. The fraction of sp³-hybridized carbons (Fsp3) is 0.733. The van der Waals surface area contributed by atoms with E-state index in [4.69, 9.17) is 0 Å². The van der Waals surface area contributed by atoms with Gasteiger partial charge in [0.25, 0.3) is 0 Å². The zero-order valence-electron chi connectivity index (χ0n) is 11.8. The van der Waals surface area contributed by atoms with Gasteiger partial charge in [0.05, 0.1) is 6.10 Å². The molecule has 1 aromatic heterocycles. The monoisotopic (exact) mass is 267 g/mol. The van der Waals surface area contributed by atoms with Crippen LogP contribution >= 0.6 is 11.3 Å². The van der Waals surface area contributed by atoms with Crippen LogP contribution in [0.25, 0.3) is 0 Å². The highest BCUT2D eigenvalue weighted by atomic mass is 32.1. The lowest BCUT2D eigenvalue weighted by Crippen LogP contribution is -2.52. The fourth-order valence-corrected chi connectivity index (χ4v) is 4.16. The predicted molar refractivity (Wildman–Crippen MR) is 78.3 cm³/mol. The molecule has 1 heterocycles. The van der Waals surface area contributed by atoms with Crippen LogP contribution in [0.3, 0.4) is 0 Å². The smallest absolute Gasteiger partial charge is 0.0771 e. The molecule has 1 N–H and O–H groups in total. The number of hydrogen-bond acceptors (Lipinski definition) is 3. The van der Waals surface area contributed by atoms with Gasteiger partial charge < -0.3 is 10.0 Å². The maximum Gasteiger partial charge on any atom is 0.0771 e. The van der Waals surface area contributed by atoms with Crippen molar-refractivity contribution in [1.82, 2.24) is 4.90 Å². The van der Waals surface area contributed by atoms with Gasteiger partial charge in [-0.2, -0.15) is 0 Å². The molecule has 1 unspecified atom stereocenters. The number of aliphatic hydroxyl groups is 1. The van der Waals surface area contributed by atoms with Crippen molar-refractivity contribution < 1.29 is 5.11 Å². The van der Waals surface area contributed by atoms with Gasteiger partial charge in [-0.3, -0.25) is 0 Å². The van der Waals surface area contributed by atoms with Gasteiger partial charge in [-0.05, 0) is 45.5 Å². The summed E-state index contributed by atoms with van der Waals surface area (Å²) in [4.78, 5) is 4.99. The van der Waals surface area contributed by atoms with Crippen molar-refractivity contribution in [2.24, 2.45) is 0 Å². The highest BCUT2D eigenvalue weighted by Gasteiger charge is 2.42. The van der Waals surface area contributed by atoms with Gasteiger partial charge >= 0.3 is 0 Å². The van der Waals surface area contributed by atoms with E-state index in [2.05, 4.69) is 38.1 Å². The molecule has 18 heavy (non-hydrogen) atoms. The van der Waals surface area contributed by atoms with E-state index in [1.54, 1.807) is 0 Å². The summed E-state index contributed by atoms with van der Waals surface area (Å²) in [5.41, 5.74) is 0.0103. The molecule has 0 aliphatic heterocycles. The summed E-state index contributed by atoms with van der Waals surface area (Å²) >= 11 is 1.85. The summed E-state index contributed by atoms with van der Waals surface area (Å²) < 4.78 is 0. The lowest BCUT2D eigenvalue weighted by molar-refractivity contribution is -0.00206. The fourth-order valence-electron chi connectivity index (χ4n) is 3.17. The molecule has 1 saturated carbocycles. The van der Waals surface area contributed by atoms with Gasteiger partial charge in [0.15, 0.2) is 0 Å². The third kappa shape index (κ3) is 2.63. The molecule has 0 saturated heterocycles. The van der Waals surface area contributed by atoms with Crippen LogP contribution in [0.1, 0.15) is 42.4 Å². The summed E-state index contributed by atoms with van der Waals surface area (Å²) in [7, 11) is 4.22. The summed E-state index contributed by atoms with van der Waals surface area (Å²) in [6.45, 7) is 2.18. The van der Waals surface area contributed by atoms with Crippen molar-refractivity contribution >= 4 is 11.3 Å². The second-order valence-corrected chi connectivity index (χ2v) is 6.90. The van der Waals surface area contributed by atoms with Gasteiger partial charge in [-0.1, -0.05) is 19.8 Å². The first kappa shape index (κ1) is 14.0. The maximum atomic E-state index is 10.7. The van der Waals surface area contributed by atoms with Gasteiger partial charge in [-0.25, -0.2) is 0 Å². The van der Waals surface area contributed by atoms with Crippen molar-refractivity contribution in [2.75, 3.05) is 14.1 Å². The molecule has 1 fully saturated rings. The minimum atomic E-state index is -0.238. The van der Waals surface area contributed by atoms with Crippen LogP contribution in [-0.2, 0) is 12.8 Å². The first-order valence-corrected chi connectivity index (χ1v) is 7.83. The average molecular weight is 267 g/mol. The molecular weight excluding hydrogens is 242 g/mol. The Morgan fingerprint density at radius 3 is 2.39 bits per heavy atom. The lowest BCUT2D eigenvalue weighted by atomic mass is 9.87. The molecule has 2 rings (SSSR count). The largest absolute Gasteiger partial charge is 0.391 e. The van der Waals surface area contributed by atoms with Crippen LogP contribution in [0.5, 0.6) is 0 Å². The number of hydrogen-bond donors (Lipinski definition) is 1. The van der Waals surface area contributed by atoms with Crippen molar-refractivity contribution in [2.45, 2.75) is 57.1 Å². The summed E-state index contributed by atoms with van der Waals surface area (Å²) in [5.74, 6) is 0. The Kier molecular flexibility index (Phi) is 4.46. The Bertz CT molecular complexity index is 380. The average Bonchev–Trinajstić information content (AvgIpc) is 2.97. The van der Waals surface area contributed by atoms with Crippen LogP contribution in [0.2, 0.25) is 0 Å². The molecule has 0 radical (unpaired) electrons. The van der Waals surface area contributed by atoms with E-state index < -0.39 is 0 Å². The lowest BCUT2D eigenvalue weighted by Gasteiger charge is -2.40. The number of likely N-dealkylation sites (N-methyl/N-ethyl adjacent to an activating group) is 1. The summed E-state index contributed by atoms with van der Waals surface area (Å²) in [5, 5.41) is 10.7.